The number of nitrogens with one attached hydrogen (secondary N) is 1. The van der Waals surface area contributed by atoms with Crippen molar-refractivity contribution in [2.45, 2.75) is 58.9 Å². The summed E-state index contributed by atoms with van der Waals surface area (Å²) in [6, 6.07) is 5.13. The Hall–Kier alpha value is -1.78. The first kappa shape index (κ1) is 17.3. The van der Waals surface area contributed by atoms with Crippen LogP contribution in [0.15, 0.2) is 18.2 Å². The third kappa shape index (κ3) is 6.47. The van der Waals surface area contributed by atoms with Crippen molar-refractivity contribution in [3.63, 3.8) is 0 Å². The third-order valence-corrected chi connectivity index (χ3v) is 3.32. The summed E-state index contributed by atoms with van der Waals surface area (Å²) < 4.78 is 5.39. The summed E-state index contributed by atoms with van der Waals surface area (Å²) in [6.07, 6.45) is 5.96. The van der Waals surface area contributed by atoms with E-state index in [1.807, 2.05) is 13.0 Å². The van der Waals surface area contributed by atoms with Gasteiger partial charge in [0.2, 0.25) is 0 Å². The number of nitrogens with zero attached hydrogens (tertiary/aromatic N) is 1. The molecule has 118 valence electrons. The number of unbranched alkanes of at least 4 members (excludes halogenated alkanes) is 3. The SMILES string of the molecule is CCCCCCC(C)Nc1cc(OCC)cc([N+](=O)[O-])c1. The van der Waals surface area contributed by atoms with Gasteiger partial charge >= 0.3 is 0 Å². The fraction of sp³-hybridized carbons (Fsp3) is 0.625. The van der Waals surface area contributed by atoms with Crippen molar-refractivity contribution < 1.29 is 9.66 Å². The van der Waals surface area contributed by atoms with E-state index in [2.05, 4.69) is 19.2 Å². The minimum atomic E-state index is -0.389. The Morgan fingerprint density at radius 3 is 2.62 bits per heavy atom. The fourth-order valence-corrected chi connectivity index (χ4v) is 2.26. The molecule has 0 aromatic heterocycles. The number of non-ortho nitro benzene ring substituents is 1. The molecule has 0 aliphatic heterocycles. The molecule has 0 aliphatic carbocycles. The summed E-state index contributed by atoms with van der Waals surface area (Å²) in [5, 5.41) is 14.3. The van der Waals surface area contributed by atoms with Crippen molar-refractivity contribution in [2.24, 2.45) is 0 Å². The van der Waals surface area contributed by atoms with E-state index in [4.69, 9.17) is 4.74 Å². The van der Waals surface area contributed by atoms with Crippen LogP contribution in [-0.2, 0) is 0 Å². The molecule has 0 amide bonds. The van der Waals surface area contributed by atoms with Crippen LogP contribution in [0.5, 0.6) is 5.75 Å². The Bertz CT molecular complexity index is 449. The largest absolute Gasteiger partial charge is 0.494 e. The molecule has 0 saturated carbocycles. The second-order valence-electron chi connectivity index (χ2n) is 5.30. The van der Waals surface area contributed by atoms with Gasteiger partial charge in [0.15, 0.2) is 0 Å². The molecule has 5 nitrogen and oxygen atoms in total. The third-order valence-electron chi connectivity index (χ3n) is 3.32. The zero-order chi connectivity index (χ0) is 15.7. The molecular weight excluding hydrogens is 268 g/mol. The van der Waals surface area contributed by atoms with Gasteiger partial charge in [0.05, 0.1) is 17.6 Å². The standard InChI is InChI=1S/C16H26N2O3/c1-4-6-7-8-9-13(3)17-14-10-15(18(19)20)12-16(11-14)21-5-2/h10-13,17H,4-9H2,1-3H3. The Labute approximate surface area is 126 Å². The van der Waals surface area contributed by atoms with E-state index in [9.17, 15) is 10.1 Å². The molecule has 0 spiro atoms. The highest BCUT2D eigenvalue weighted by Gasteiger charge is 2.12. The second kappa shape index (κ2) is 9.21. The lowest BCUT2D eigenvalue weighted by molar-refractivity contribution is -0.384. The number of anilines is 1. The van der Waals surface area contributed by atoms with Gasteiger partial charge in [-0.15, -0.1) is 0 Å². The summed E-state index contributed by atoms with van der Waals surface area (Å²) in [6.45, 7) is 6.65. The first-order valence-electron chi connectivity index (χ1n) is 7.75. The number of rotatable bonds is 10. The van der Waals surface area contributed by atoms with Gasteiger partial charge < -0.3 is 10.1 Å². The van der Waals surface area contributed by atoms with Crippen LogP contribution >= 0.6 is 0 Å². The molecule has 0 bridgehead atoms. The molecule has 1 unspecified atom stereocenters. The monoisotopic (exact) mass is 294 g/mol. The zero-order valence-corrected chi connectivity index (χ0v) is 13.2. The van der Waals surface area contributed by atoms with E-state index in [1.165, 1.54) is 31.7 Å². The topological polar surface area (TPSA) is 64.4 Å². The molecule has 0 heterocycles. The van der Waals surface area contributed by atoms with Crippen LogP contribution in [0.2, 0.25) is 0 Å². The summed E-state index contributed by atoms with van der Waals surface area (Å²) in [5.74, 6) is 0.535. The molecule has 1 atom stereocenters. The molecule has 21 heavy (non-hydrogen) atoms. The van der Waals surface area contributed by atoms with Crippen molar-refractivity contribution in [2.75, 3.05) is 11.9 Å². The first-order valence-corrected chi connectivity index (χ1v) is 7.75. The Morgan fingerprint density at radius 1 is 1.24 bits per heavy atom. The van der Waals surface area contributed by atoms with Crippen LogP contribution in [0.3, 0.4) is 0 Å². The van der Waals surface area contributed by atoms with Crippen LogP contribution in [0.25, 0.3) is 0 Å². The second-order valence-corrected chi connectivity index (χ2v) is 5.30. The van der Waals surface area contributed by atoms with Crippen LogP contribution in [0.1, 0.15) is 52.9 Å². The number of ether oxygens (including phenoxy) is 1. The van der Waals surface area contributed by atoms with Gasteiger partial charge in [-0.3, -0.25) is 10.1 Å². The number of hydrogen-bond donors (Lipinski definition) is 1. The maximum absolute atomic E-state index is 11.0. The van der Waals surface area contributed by atoms with E-state index in [0.717, 1.165) is 12.1 Å². The van der Waals surface area contributed by atoms with Gasteiger partial charge in [-0.2, -0.15) is 0 Å². The minimum Gasteiger partial charge on any atom is -0.494 e. The lowest BCUT2D eigenvalue weighted by Crippen LogP contribution is -2.15. The maximum atomic E-state index is 11.0. The Kier molecular flexibility index (Phi) is 7.58. The van der Waals surface area contributed by atoms with Gasteiger partial charge in [0.25, 0.3) is 5.69 Å². The first-order chi connectivity index (χ1) is 10.1. The maximum Gasteiger partial charge on any atom is 0.275 e. The molecular formula is C16H26N2O3. The summed E-state index contributed by atoms with van der Waals surface area (Å²) >= 11 is 0. The smallest absolute Gasteiger partial charge is 0.275 e. The molecule has 0 saturated heterocycles. The van der Waals surface area contributed by atoms with Crippen LogP contribution in [0, 0.1) is 10.1 Å². The predicted molar refractivity (Wildman–Crippen MR) is 86.1 cm³/mol. The lowest BCUT2D eigenvalue weighted by Gasteiger charge is -2.16. The molecule has 0 fully saturated rings. The number of nitro benzene ring substituents is 1. The van der Waals surface area contributed by atoms with Crippen molar-refractivity contribution in [1.29, 1.82) is 0 Å². The van der Waals surface area contributed by atoms with Gasteiger partial charge in [0, 0.05) is 23.9 Å². The summed E-state index contributed by atoms with van der Waals surface area (Å²) in [5.41, 5.74) is 0.803. The number of hydrogen-bond acceptors (Lipinski definition) is 4. The molecule has 1 aromatic rings. The van der Waals surface area contributed by atoms with Crippen LogP contribution in [-0.4, -0.2) is 17.6 Å². The van der Waals surface area contributed by atoms with Gasteiger partial charge in [-0.1, -0.05) is 32.6 Å². The van der Waals surface area contributed by atoms with E-state index in [0.29, 0.717) is 18.4 Å². The molecule has 5 heteroatoms. The summed E-state index contributed by atoms with van der Waals surface area (Å²) in [4.78, 5) is 10.6. The Morgan fingerprint density at radius 2 is 2.00 bits per heavy atom. The highest BCUT2D eigenvalue weighted by Crippen LogP contribution is 2.27. The van der Waals surface area contributed by atoms with E-state index >= 15 is 0 Å². The lowest BCUT2D eigenvalue weighted by atomic mass is 10.1. The number of benzene rings is 1. The molecule has 0 aliphatic rings. The van der Waals surface area contributed by atoms with Crippen molar-refractivity contribution in [3.05, 3.63) is 28.3 Å². The molecule has 0 radical (unpaired) electrons. The van der Waals surface area contributed by atoms with Crippen molar-refractivity contribution in [3.8, 4) is 5.75 Å². The molecule has 1 rings (SSSR count). The van der Waals surface area contributed by atoms with Crippen molar-refractivity contribution in [1.82, 2.24) is 0 Å². The van der Waals surface area contributed by atoms with Gasteiger partial charge in [-0.25, -0.2) is 0 Å². The molecule has 1 N–H and O–H groups in total. The quantitative estimate of drug-likeness (QED) is 0.384. The summed E-state index contributed by atoms with van der Waals surface area (Å²) in [7, 11) is 0. The normalized spacial score (nSPS) is 12.0. The zero-order valence-electron chi connectivity index (χ0n) is 13.2. The van der Waals surface area contributed by atoms with Gasteiger partial charge in [-0.05, 0) is 20.3 Å². The number of nitro groups is 1. The highest BCUT2D eigenvalue weighted by molar-refractivity contribution is 5.56. The van der Waals surface area contributed by atoms with Crippen LogP contribution < -0.4 is 10.1 Å². The fourth-order valence-electron chi connectivity index (χ4n) is 2.26. The van der Waals surface area contributed by atoms with Crippen LogP contribution in [0.4, 0.5) is 11.4 Å². The average Bonchev–Trinajstić information content (AvgIpc) is 2.43. The Balaban J connectivity index is 2.65. The van der Waals surface area contributed by atoms with Crippen molar-refractivity contribution >= 4 is 11.4 Å². The van der Waals surface area contributed by atoms with E-state index in [-0.39, 0.29) is 10.6 Å². The van der Waals surface area contributed by atoms with Gasteiger partial charge in [0.1, 0.15) is 5.75 Å². The van der Waals surface area contributed by atoms with E-state index in [1.54, 1.807) is 6.07 Å². The molecule has 1 aromatic carbocycles. The average molecular weight is 294 g/mol. The predicted octanol–water partition coefficient (Wildman–Crippen LogP) is 4.76. The minimum absolute atomic E-state index is 0.0571. The van der Waals surface area contributed by atoms with E-state index < -0.39 is 0 Å². The highest BCUT2D eigenvalue weighted by atomic mass is 16.6.